The molecule has 1 aromatic carbocycles. The molecule has 0 spiro atoms. The van der Waals surface area contributed by atoms with Crippen LogP contribution in [0.4, 0.5) is 0 Å². The van der Waals surface area contributed by atoms with E-state index < -0.39 is 0 Å². The van der Waals surface area contributed by atoms with Crippen LogP contribution in [0.2, 0.25) is 0 Å². The van der Waals surface area contributed by atoms with Gasteiger partial charge in [-0.25, -0.2) is 0 Å². The summed E-state index contributed by atoms with van der Waals surface area (Å²) >= 11 is 3.37. The Hall–Kier alpha value is -1.03. The third-order valence-corrected chi connectivity index (χ3v) is 3.73. The van der Waals surface area contributed by atoms with Gasteiger partial charge in [0, 0.05) is 17.6 Å². The molecule has 0 unspecified atom stereocenters. The highest BCUT2D eigenvalue weighted by Crippen LogP contribution is 2.29. The van der Waals surface area contributed by atoms with Crippen LogP contribution in [-0.2, 0) is 4.79 Å². The molecule has 19 heavy (non-hydrogen) atoms. The van der Waals surface area contributed by atoms with E-state index in [-0.39, 0.29) is 12.5 Å². The minimum Gasteiger partial charge on any atom is -0.484 e. The number of ether oxygens (including phenoxy) is 1. The molecule has 1 fully saturated rings. The van der Waals surface area contributed by atoms with E-state index in [0.29, 0.717) is 0 Å². The van der Waals surface area contributed by atoms with Gasteiger partial charge in [0.25, 0.3) is 5.91 Å². The molecule has 0 aliphatic heterocycles. The molecule has 0 radical (unpaired) electrons. The van der Waals surface area contributed by atoms with Crippen molar-refractivity contribution in [2.75, 3.05) is 19.7 Å². The molecule has 1 amide bonds. The van der Waals surface area contributed by atoms with Crippen LogP contribution >= 0.6 is 15.9 Å². The monoisotopic (exact) mass is 325 g/mol. The fraction of sp³-hybridized carbons (Fsp3) is 0.533. The number of hydrogen-bond acceptors (Lipinski definition) is 2. The summed E-state index contributed by atoms with van der Waals surface area (Å²) < 4.78 is 6.55. The SMILES string of the molecule is CCCN(CC1CC1)C(=O)COc1ccc(Br)cc1. The summed E-state index contributed by atoms with van der Waals surface area (Å²) in [6.45, 7) is 3.96. The standard InChI is InChI=1S/C15H20BrNO2/c1-2-9-17(10-12-3-4-12)15(18)11-19-14-7-5-13(16)6-8-14/h5-8,12H,2-4,9-11H2,1H3. The van der Waals surface area contributed by atoms with Crippen LogP contribution in [0, 0.1) is 5.92 Å². The van der Waals surface area contributed by atoms with Crippen LogP contribution in [-0.4, -0.2) is 30.5 Å². The van der Waals surface area contributed by atoms with Gasteiger partial charge in [0.2, 0.25) is 0 Å². The summed E-state index contributed by atoms with van der Waals surface area (Å²) in [7, 11) is 0. The molecule has 1 aliphatic carbocycles. The van der Waals surface area contributed by atoms with E-state index in [1.165, 1.54) is 12.8 Å². The zero-order valence-electron chi connectivity index (χ0n) is 11.3. The Kier molecular flexibility index (Phi) is 5.25. The average Bonchev–Trinajstić information content (AvgIpc) is 3.21. The molecule has 4 heteroatoms. The van der Waals surface area contributed by atoms with Crippen LogP contribution in [0.3, 0.4) is 0 Å². The number of nitrogens with zero attached hydrogens (tertiary/aromatic N) is 1. The molecule has 3 nitrogen and oxygen atoms in total. The van der Waals surface area contributed by atoms with Gasteiger partial charge in [-0.05, 0) is 49.4 Å². The fourth-order valence-electron chi connectivity index (χ4n) is 1.97. The van der Waals surface area contributed by atoms with Crippen molar-refractivity contribution < 1.29 is 9.53 Å². The van der Waals surface area contributed by atoms with Gasteiger partial charge in [0.1, 0.15) is 5.75 Å². The molecule has 0 heterocycles. The van der Waals surface area contributed by atoms with Crippen molar-refractivity contribution in [2.24, 2.45) is 5.92 Å². The summed E-state index contributed by atoms with van der Waals surface area (Å²) in [4.78, 5) is 14.1. The number of amides is 1. The fourth-order valence-corrected chi connectivity index (χ4v) is 2.23. The summed E-state index contributed by atoms with van der Waals surface area (Å²) in [6, 6.07) is 7.55. The Morgan fingerprint density at radius 1 is 1.37 bits per heavy atom. The van der Waals surface area contributed by atoms with Gasteiger partial charge >= 0.3 is 0 Å². The largest absolute Gasteiger partial charge is 0.484 e. The number of carbonyl (C=O) groups excluding carboxylic acids is 1. The van der Waals surface area contributed by atoms with Gasteiger partial charge in [0.15, 0.2) is 6.61 Å². The molecule has 1 aliphatic rings. The number of carbonyl (C=O) groups is 1. The van der Waals surface area contributed by atoms with Gasteiger partial charge in [-0.3, -0.25) is 4.79 Å². The van der Waals surface area contributed by atoms with Gasteiger partial charge in [-0.15, -0.1) is 0 Å². The van der Waals surface area contributed by atoms with Gasteiger partial charge in [0.05, 0.1) is 0 Å². The first kappa shape index (κ1) is 14.4. The molecule has 0 aromatic heterocycles. The van der Waals surface area contributed by atoms with E-state index in [0.717, 1.165) is 35.7 Å². The van der Waals surface area contributed by atoms with Crippen molar-refractivity contribution in [1.29, 1.82) is 0 Å². The Morgan fingerprint density at radius 2 is 2.05 bits per heavy atom. The minimum atomic E-state index is 0.0941. The van der Waals surface area contributed by atoms with E-state index in [9.17, 15) is 4.79 Å². The first-order chi connectivity index (χ1) is 9.19. The van der Waals surface area contributed by atoms with Crippen LogP contribution in [0.5, 0.6) is 5.75 Å². The molecular formula is C15H20BrNO2. The molecule has 0 bridgehead atoms. The maximum atomic E-state index is 12.1. The van der Waals surface area contributed by atoms with Gasteiger partial charge < -0.3 is 9.64 Å². The Labute approximate surface area is 123 Å². The van der Waals surface area contributed by atoms with Crippen molar-refractivity contribution in [3.8, 4) is 5.75 Å². The lowest BCUT2D eigenvalue weighted by Gasteiger charge is -2.22. The summed E-state index contributed by atoms with van der Waals surface area (Å²) in [5.74, 6) is 1.55. The second-order valence-electron chi connectivity index (χ2n) is 5.03. The molecular weight excluding hydrogens is 306 g/mol. The quantitative estimate of drug-likeness (QED) is 0.768. The summed E-state index contributed by atoms with van der Waals surface area (Å²) in [5, 5.41) is 0. The second-order valence-corrected chi connectivity index (χ2v) is 5.94. The number of halogens is 1. The zero-order chi connectivity index (χ0) is 13.7. The van der Waals surface area contributed by atoms with Crippen LogP contribution in [0.15, 0.2) is 28.7 Å². The highest BCUT2D eigenvalue weighted by molar-refractivity contribution is 9.10. The third kappa shape index (κ3) is 4.86. The topological polar surface area (TPSA) is 29.5 Å². The predicted octanol–water partition coefficient (Wildman–Crippen LogP) is 3.48. The van der Waals surface area contributed by atoms with Gasteiger partial charge in [-0.1, -0.05) is 22.9 Å². The molecule has 1 saturated carbocycles. The Morgan fingerprint density at radius 3 is 2.63 bits per heavy atom. The maximum Gasteiger partial charge on any atom is 0.260 e. The van der Waals surface area contributed by atoms with Crippen LogP contribution in [0.1, 0.15) is 26.2 Å². The third-order valence-electron chi connectivity index (χ3n) is 3.20. The predicted molar refractivity (Wildman–Crippen MR) is 79.2 cm³/mol. The van der Waals surface area contributed by atoms with Crippen molar-refractivity contribution >= 4 is 21.8 Å². The minimum absolute atomic E-state index is 0.0941. The van der Waals surface area contributed by atoms with E-state index in [1.54, 1.807) is 0 Å². The van der Waals surface area contributed by atoms with Crippen LogP contribution < -0.4 is 4.74 Å². The molecule has 1 aromatic rings. The Balaban J connectivity index is 1.82. The maximum absolute atomic E-state index is 12.1. The average molecular weight is 326 g/mol. The molecule has 0 saturated heterocycles. The van der Waals surface area contributed by atoms with E-state index in [2.05, 4.69) is 22.9 Å². The number of hydrogen-bond donors (Lipinski definition) is 0. The lowest BCUT2D eigenvalue weighted by Crippen LogP contribution is -2.37. The first-order valence-electron chi connectivity index (χ1n) is 6.85. The smallest absolute Gasteiger partial charge is 0.260 e. The molecule has 2 rings (SSSR count). The number of rotatable bonds is 7. The molecule has 104 valence electrons. The lowest BCUT2D eigenvalue weighted by molar-refractivity contribution is -0.133. The highest BCUT2D eigenvalue weighted by Gasteiger charge is 2.26. The van der Waals surface area contributed by atoms with E-state index in [4.69, 9.17) is 4.74 Å². The number of benzene rings is 1. The first-order valence-corrected chi connectivity index (χ1v) is 7.64. The van der Waals surface area contributed by atoms with Crippen molar-refractivity contribution in [2.45, 2.75) is 26.2 Å². The lowest BCUT2D eigenvalue weighted by atomic mass is 10.3. The second kappa shape index (κ2) is 6.94. The summed E-state index contributed by atoms with van der Waals surface area (Å²) in [5.41, 5.74) is 0. The molecule has 0 atom stereocenters. The highest BCUT2D eigenvalue weighted by atomic mass is 79.9. The van der Waals surface area contributed by atoms with Crippen LogP contribution in [0.25, 0.3) is 0 Å². The van der Waals surface area contributed by atoms with Crippen molar-refractivity contribution in [1.82, 2.24) is 4.90 Å². The van der Waals surface area contributed by atoms with Gasteiger partial charge in [-0.2, -0.15) is 0 Å². The zero-order valence-corrected chi connectivity index (χ0v) is 12.9. The van der Waals surface area contributed by atoms with E-state index in [1.807, 2.05) is 29.2 Å². The normalized spacial score (nSPS) is 14.2. The van der Waals surface area contributed by atoms with Crippen molar-refractivity contribution in [3.63, 3.8) is 0 Å². The van der Waals surface area contributed by atoms with Crippen molar-refractivity contribution in [3.05, 3.63) is 28.7 Å². The Bertz CT molecular complexity index is 415. The summed E-state index contributed by atoms with van der Waals surface area (Å²) in [6.07, 6.45) is 3.53. The molecule has 0 N–H and O–H groups in total. The van der Waals surface area contributed by atoms with E-state index >= 15 is 0 Å².